The van der Waals surface area contributed by atoms with Crippen LogP contribution in [0.1, 0.15) is 23.6 Å². The summed E-state index contributed by atoms with van der Waals surface area (Å²) in [6.45, 7) is 5.34. The number of nitrogens with zero attached hydrogens (tertiary/aromatic N) is 1. The molecular weight excluding hydrogens is 295 g/mol. The van der Waals surface area contributed by atoms with E-state index >= 15 is 0 Å². The summed E-state index contributed by atoms with van der Waals surface area (Å²) in [4.78, 5) is 11.8. The first-order valence-electron chi connectivity index (χ1n) is 7.25. The third-order valence-corrected chi connectivity index (χ3v) is 3.31. The molecule has 2 aromatic carbocycles. The molecule has 0 aliphatic heterocycles. The molecule has 2 rings (SSSR count). The highest BCUT2D eigenvalue weighted by Crippen LogP contribution is 2.18. The molecule has 0 spiro atoms. The summed E-state index contributed by atoms with van der Waals surface area (Å²) < 4.78 is 19.1. The zero-order chi connectivity index (χ0) is 16.8. The highest BCUT2D eigenvalue weighted by atomic mass is 19.1. The lowest BCUT2D eigenvalue weighted by Gasteiger charge is -2.09. The minimum absolute atomic E-state index is 0.154. The van der Waals surface area contributed by atoms with Gasteiger partial charge in [0.15, 0.2) is 6.61 Å². The van der Waals surface area contributed by atoms with Crippen LogP contribution >= 0.6 is 0 Å². The van der Waals surface area contributed by atoms with Crippen LogP contribution in [0.25, 0.3) is 0 Å². The average Bonchev–Trinajstić information content (AvgIpc) is 2.54. The smallest absolute Gasteiger partial charge is 0.277 e. The lowest BCUT2D eigenvalue weighted by atomic mass is 10.1. The van der Waals surface area contributed by atoms with E-state index < -0.39 is 5.91 Å². The monoisotopic (exact) mass is 314 g/mol. The number of hydrogen-bond acceptors (Lipinski definition) is 3. The van der Waals surface area contributed by atoms with E-state index in [1.54, 1.807) is 25.1 Å². The van der Waals surface area contributed by atoms with Crippen molar-refractivity contribution in [2.75, 3.05) is 6.61 Å². The largest absolute Gasteiger partial charge is 0.483 e. The Kier molecular flexibility index (Phi) is 5.46. The van der Waals surface area contributed by atoms with Gasteiger partial charge < -0.3 is 4.74 Å². The van der Waals surface area contributed by atoms with E-state index in [0.29, 0.717) is 17.0 Å². The number of halogens is 1. The molecule has 0 aliphatic carbocycles. The standard InChI is InChI=1S/C18H19FN2O2/c1-12-8-9-13(2)17(10-12)23-11-18(22)21-20-14(3)15-6-4-5-7-16(15)19/h4-10H,11H2,1-3H3,(H,21,22)/b20-14-. The summed E-state index contributed by atoms with van der Waals surface area (Å²) in [6, 6.07) is 12.0. The second-order valence-corrected chi connectivity index (χ2v) is 5.27. The van der Waals surface area contributed by atoms with Gasteiger partial charge in [-0.15, -0.1) is 0 Å². The normalized spacial score (nSPS) is 11.2. The third-order valence-electron chi connectivity index (χ3n) is 3.31. The molecule has 4 nitrogen and oxygen atoms in total. The Hall–Kier alpha value is -2.69. The van der Waals surface area contributed by atoms with Crippen LogP contribution in [0.2, 0.25) is 0 Å². The number of nitrogens with one attached hydrogen (secondary N) is 1. The van der Waals surface area contributed by atoms with Gasteiger partial charge in [0.25, 0.3) is 5.91 Å². The van der Waals surface area contributed by atoms with Crippen LogP contribution in [-0.2, 0) is 4.79 Å². The van der Waals surface area contributed by atoms with Crippen molar-refractivity contribution >= 4 is 11.6 Å². The summed E-state index contributed by atoms with van der Waals surface area (Å²) in [6.07, 6.45) is 0. The molecule has 120 valence electrons. The van der Waals surface area contributed by atoms with Crippen LogP contribution < -0.4 is 10.2 Å². The van der Waals surface area contributed by atoms with Crippen LogP contribution in [0.3, 0.4) is 0 Å². The summed E-state index contributed by atoms with van der Waals surface area (Å²) in [5, 5.41) is 3.90. The van der Waals surface area contributed by atoms with Crippen molar-refractivity contribution in [3.63, 3.8) is 0 Å². The SMILES string of the molecule is C/C(=N/NC(=O)COc1cc(C)ccc1C)c1ccccc1F. The van der Waals surface area contributed by atoms with Crippen LogP contribution in [0.15, 0.2) is 47.6 Å². The molecule has 23 heavy (non-hydrogen) atoms. The predicted octanol–water partition coefficient (Wildman–Crippen LogP) is 3.36. The zero-order valence-corrected chi connectivity index (χ0v) is 13.4. The lowest BCUT2D eigenvalue weighted by molar-refractivity contribution is -0.123. The fraction of sp³-hybridized carbons (Fsp3) is 0.222. The number of carbonyl (C=O) groups excluding carboxylic acids is 1. The van der Waals surface area contributed by atoms with E-state index in [4.69, 9.17) is 4.74 Å². The number of carbonyl (C=O) groups is 1. The van der Waals surface area contributed by atoms with Gasteiger partial charge >= 0.3 is 0 Å². The van der Waals surface area contributed by atoms with Gasteiger partial charge in [-0.25, -0.2) is 9.82 Å². The lowest BCUT2D eigenvalue weighted by Crippen LogP contribution is -2.26. The van der Waals surface area contributed by atoms with Crippen molar-refractivity contribution in [2.45, 2.75) is 20.8 Å². The molecule has 0 bridgehead atoms. The molecule has 0 heterocycles. The van der Waals surface area contributed by atoms with Crippen molar-refractivity contribution < 1.29 is 13.9 Å². The second-order valence-electron chi connectivity index (χ2n) is 5.27. The van der Waals surface area contributed by atoms with Gasteiger partial charge in [0, 0.05) is 5.56 Å². The van der Waals surface area contributed by atoms with Crippen LogP contribution in [0, 0.1) is 19.7 Å². The molecule has 0 saturated carbocycles. The minimum Gasteiger partial charge on any atom is -0.483 e. The Morgan fingerprint density at radius 1 is 1.22 bits per heavy atom. The molecule has 1 amide bonds. The Balaban J connectivity index is 1.94. The molecule has 0 fully saturated rings. The number of amides is 1. The molecule has 0 atom stereocenters. The summed E-state index contributed by atoms with van der Waals surface area (Å²) in [7, 11) is 0. The summed E-state index contributed by atoms with van der Waals surface area (Å²) in [5.74, 6) is -0.119. The molecule has 0 aromatic heterocycles. The van der Waals surface area contributed by atoms with Crippen molar-refractivity contribution in [2.24, 2.45) is 5.10 Å². The van der Waals surface area contributed by atoms with E-state index in [1.807, 2.05) is 32.0 Å². The van der Waals surface area contributed by atoms with Gasteiger partial charge in [0.1, 0.15) is 11.6 Å². The van der Waals surface area contributed by atoms with Gasteiger partial charge in [-0.05, 0) is 44.0 Å². The zero-order valence-electron chi connectivity index (χ0n) is 13.4. The topological polar surface area (TPSA) is 50.7 Å². The first-order chi connectivity index (χ1) is 11.0. The summed E-state index contributed by atoms with van der Waals surface area (Å²) >= 11 is 0. The van der Waals surface area contributed by atoms with Crippen molar-refractivity contribution in [3.05, 3.63) is 65.0 Å². The number of benzene rings is 2. The van der Waals surface area contributed by atoms with Gasteiger partial charge in [0.2, 0.25) is 0 Å². The maximum atomic E-state index is 13.6. The van der Waals surface area contributed by atoms with E-state index in [9.17, 15) is 9.18 Å². The van der Waals surface area contributed by atoms with E-state index in [1.165, 1.54) is 6.07 Å². The van der Waals surface area contributed by atoms with Gasteiger partial charge in [0.05, 0.1) is 5.71 Å². The number of ether oxygens (including phenoxy) is 1. The first-order valence-corrected chi connectivity index (χ1v) is 7.25. The van der Waals surface area contributed by atoms with Crippen LogP contribution in [0.4, 0.5) is 4.39 Å². The fourth-order valence-corrected chi connectivity index (χ4v) is 2.00. The molecule has 1 N–H and O–H groups in total. The third kappa shape index (κ3) is 4.64. The van der Waals surface area contributed by atoms with Crippen molar-refractivity contribution in [1.82, 2.24) is 5.43 Å². The Morgan fingerprint density at radius 3 is 2.70 bits per heavy atom. The van der Waals surface area contributed by atoms with Crippen molar-refractivity contribution in [1.29, 1.82) is 0 Å². The second kappa shape index (κ2) is 7.54. The molecule has 0 saturated heterocycles. The highest BCUT2D eigenvalue weighted by Gasteiger charge is 2.07. The van der Waals surface area contributed by atoms with Crippen LogP contribution in [0.5, 0.6) is 5.75 Å². The molecule has 5 heteroatoms. The average molecular weight is 314 g/mol. The molecular formula is C18H19FN2O2. The maximum absolute atomic E-state index is 13.6. The number of aryl methyl sites for hydroxylation is 2. The maximum Gasteiger partial charge on any atom is 0.277 e. The number of hydrazone groups is 1. The van der Waals surface area contributed by atoms with Crippen LogP contribution in [-0.4, -0.2) is 18.2 Å². The van der Waals surface area contributed by atoms with Crippen molar-refractivity contribution in [3.8, 4) is 5.75 Å². The quantitative estimate of drug-likeness (QED) is 0.679. The van der Waals surface area contributed by atoms with Gasteiger partial charge in [-0.1, -0.05) is 30.3 Å². The van der Waals surface area contributed by atoms with E-state index in [0.717, 1.165) is 11.1 Å². The molecule has 2 aromatic rings. The highest BCUT2D eigenvalue weighted by molar-refractivity contribution is 5.99. The molecule has 0 unspecified atom stereocenters. The molecule has 0 aliphatic rings. The van der Waals surface area contributed by atoms with E-state index in [-0.39, 0.29) is 12.4 Å². The fourth-order valence-electron chi connectivity index (χ4n) is 2.00. The van der Waals surface area contributed by atoms with Gasteiger partial charge in [-0.2, -0.15) is 5.10 Å². The number of hydrogen-bond donors (Lipinski definition) is 1. The minimum atomic E-state index is -0.401. The Morgan fingerprint density at radius 2 is 1.96 bits per heavy atom. The number of rotatable bonds is 5. The Bertz CT molecular complexity index is 742. The first kappa shape index (κ1) is 16.7. The van der Waals surface area contributed by atoms with E-state index in [2.05, 4.69) is 10.5 Å². The summed E-state index contributed by atoms with van der Waals surface area (Å²) in [5.41, 5.74) is 5.12. The molecule has 0 radical (unpaired) electrons. The van der Waals surface area contributed by atoms with Gasteiger partial charge in [-0.3, -0.25) is 4.79 Å². The Labute approximate surface area is 135 Å². The predicted molar refractivity (Wildman–Crippen MR) is 88.2 cm³/mol.